The lowest BCUT2D eigenvalue weighted by Crippen LogP contribution is -2.09. The van der Waals surface area contributed by atoms with Crippen LogP contribution in [-0.2, 0) is 61.2 Å². The minimum Gasteiger partial charge on any atom is -0.495 e. The molecule has 3 amide bonds. The lowest BCUT2D eigenvalue weighted by molar-refractivity contribution is -0.112. The monoisotopic (exact) mass is 1560 g/mol. The SMILES string of the molecule is C=CC(=O)Nc1cn(C)nc1Cc1ncc2c(n1)C=C(C(=O)c1c(Cl)c(OC)cc(OC)c1Cl)C2.C=CC(=O)Nc1cn(C)nc1Cc1ncc2oc(C(=O)c3c(Cl)c(OC)cc(OC)c3Cl)cc2n1.C=CC(=O)Nc1cn(C)nc1Cc1ncc2sc(C(=O)c3c(Cl)c(OC)cc(OC)c3Cl)cc2n1. The molecule has 11 aromatic rings. The Bertz CT molecular complexity index is 5090. The van der Waals surface area contributed by atoms with Crippen molar-refractivity contribution in [1.29, 1.82) is 0 Å². The predicted molar refractivity (Wildman–Crippen MR) is 397 cm³/mol. The average molecular weight is 1560 g/mol. The van der Waals surface area contributed by atoms with Gasteiger partial charge in [-0.05, 0) is 30.4 Å². The van der Waals surface area contributed by atoms with Crippen LogP contribution in [0.25, 0.3) is 27.4 Å². The Morgan fingerprint density at radius 2 is 0.867 bits per heavy atom. The van der Waals surface area contributed by atoms with E-state index in [4.69, 9.17) is 102 Å². The van der Waals surface area contributed by atoms with E-state index in [0.717, 1.165) is 5.56 Å². The Hall–Kier alpha value is -11.1. The highest BCUT2D eigenvalue weighted by atomic mass is 35.5. The third-order valence-electron chi connectivity index (χ3n) is 15.4. The number of halogens is 6. The third kappa shape index (κ3) is 16.8. The fourth-order valence-corrected chi connectivity index (χ4v) is 13.4. The van der Waals surface area contributed by atoms with Crippen molar-refractivity contribution >= 4 is 160 Å². The number of benzene rings is 3. The van der Waals surface area contributed by atoms with Crippen LogP contribution in [0.4, 0.5) is 17.1 Å². The van der Waals surface area contributed by atoms with E-state index in [-0.39, 0.29) is 136 Å². The van der Waals surface area contributed by atoms with Gasteiger partial charge < -0.3 is 48.8 Å². The summed E-state index contributed by atoms with van der Waals surface area (Å²) in [6.45, 7) is 10.4. The Kier molecular flexibility index (Phi) is 24.2. The van der Waals surface area contributed by atoms with E-state index in [1.54, 1.807) is 78.3 Å². The molecule has 1 aliphatic carbocycles. The number of carbonyl (C=O) groups is 6. The molecule has 0 saturated carbocycles. The number of allylic oxidation sites excluding steroid dienone is 1. The number of ketones is 3. The second kappa shape index (κ2) is 33.2. The molecule has 8 aromatic heterocycles. The number of Topliss-reactive ketones (excluding diaryl/α,β-unsaturated/α-hetero) is 1. The summed E-state index contributed by atoms with van der Waals surface area (Å²) in [6.07, 6.45) is 16.1. The molecule has 12 rings (SSSR count). The van der Waals surface area contributed by atoms with Crippen LogP contribution in [-0.4, -0.2) is 137 Å². The highest BCUT2D eigenvalue weighted by molar-refractivity contribution is 7.21. The molecule has 0 fully saturated rings. The summed E-state index contributed by atoms with van der Waals surface area (Å²) in [4.78, 5) is 102. The normalized spacial score (nSPS) is 11.3. The summed E-state index contributed by atoms with van der Waals surface area (Å²) < 4.78 is 42.7. The number of nitrogens with zero attached hydrogens (tertiary/aromatic N) is 12. The highest BCUT2D eigenvalue weighted by Gasteiger charge is 2.31. The van der Waals surface area contributed by atoms with Gasteiger partial charge in [-0.1, -0.05) is 89.3 Å². The van der Waals surface area contributed by atoms with Crippen molar-refractivity contribution in [2.24, 2.45) is 21.1 Å². The summed E-state index contributed by atoms with van der Waals surface area (Å²) in [5.41, 5.74) is 6.66. The maximum atomic E-state index is 13.4. The zero-order valence-corrected chi connectivity index (χ0v) is 62.3. The zero-order chi connectivity index (χ0) is 75.8. The van der Waals surface area contributed by atoms with Crippen molar-refractivity contribution in [3.05, 3.63) is 214 Å². The van der Waals surface area contributed by atoms with Crippen LogP contribution in [0, 0.1) is 0 Å². The van der Waals surface area contributed by atoms with Gasteiger partial charge in [0.25, 0.3) is 0 Å². The maximum Gasteiger partial charge on any atom is 0.247 e. The van der Waals surface area contributed by atoms with E-state index in [2.05, 4.69) is 80.9 Å². The van der Waals surface area contributed by atoms with Gasteiger partial charge in [0.05, 0.1) is 170 Å². The van der Waals surface area contributed by atoms with Gasteiger partial charge in [-0.15, -0.1) is 11.3 Å². The first kappa shape index (κ1) is 76.6. The van der Waals surface area contributed by atoms with E-state index >= 15 is 0 Å². The molecule has 3 aromatic carbocycles. The summed E-state index contributed by atoms with van der Waals surface area (Å²) in [6, 6.07) is 7.67. The van der Waals surface area contributed by atoms with Gasteiger partial charge >= 0.3 is 0 Å². The van der Waals surface area contributed by atoms with Crippen LogP contribution in [0.5, 0.6) is 34.5 Å². The smallest absolute Gasteiger partial charge is 0.247 e. The quantitative estimate of drug-likeness (QED) is 0.0374. The molecule has 28 nitrogen and oxygen atoms in total. The number of aromatic nitrogens is 12. The van der Waals surface area contributed by atoms with Gasteiger partial charge in [0.2, 0.25) is 29.3 Å². The second-order valence-electron chi connectivity index (χ2n) is 22.3. The number of furan rings is 1. The molecule has 540 valence electrons. The largest absolute Gasteiger partial charge is 0.495 e. The number of thiophene rings is 1. The van der Waals surface area contributed by atoms with Crippen LogP contribution < -0.4 is 44.4 Å². The minimum absolute atomic E-state index is 0.0205. The molecular weight excluding hydrogens is 1500 g/mol. The standard InChI is InChI=1S/C24H21Cl2N5O4.C23H19Cl2N5O5.C23H19Cl2N5O4S/c1-5-20(32)29-16-11-31(2)30-15(16)8-19-27-10-13-6-12(7-14(13)28-19)24(33)21-22(25)17(34-3)9-18(35-4)23(21)26;2*1-5-19(31)28-13-10-30(2)29-11(13)7-18-26-9-17-12(27-18)6-16(35-17)23(32)20-21(24)14(33-3)8-15(34-4)22(20)25/h5,7,9-11H,1,6,8H2,2-4H3,(H,29,32);2*5-6,8-10H,1,7H2,2-4H3,(H,28,31). The van der Waals surface area contributed by atoms with Gasteiger partial charge in [-0.3, -0.25) is 42.8 Å². The topological polar surface area (TPSA) is 338 Å². The first-order chi connectivity index (χ1) is 50.2. The Morgan fingerprint density at radius 1 is 0.495 bits per heavy atom. The van der Waals surface area contributed by atoms with Gasteiger partial charge in [-0.2, -0.15) is 15.3 Å². The second-order valence-corrected chi connectivity index (χ2v) is 25.6. The number of rotatable bonds is 24. The molecular formula is C70H59Cl6N15O13S. The number of hydrogen-bond donors (Lipinski definition) is 3. The number of amides is 3. The van der Waals surface area contributed by atoms with Crippen LogP contribution in [0.15, 0.2) is 115 Å². The lowest BCUT2D eigenvalue weighted by Gasteiger charge is -2.14. The summed E-state index contributed by atoms with van der Waals surface area (Å²) in [7, 11) is 13.8. The van der Waals surface area contributed by atoms with E-state index in [0.29, 0.717) is 95.5 Å². The number of anilines is 3. The number of hydrogen-bond acceptors (Lipinski definition) is 23. The summed E-state index contributed by atoms with van der Waals surface area (Å²) in [5, 5.41) is 21.7. The van der Waals surface area contributed by atoms with Crippen LogP contribution >= 0.6 is 80.9 Å². The van der Waals surface area contributed by atoms with Gasteiger partial charge in [-0.25, -0.2) is 29.9 Å². The van der Waals surface area contributed by atoms with Gasteiger partial charge in [0.1, 0.15) is 57.5 Å². The highest BCUT2D eigenvalue weighted by Crippen LogP contribution is 2.46. The molecule has 0 saturated heterocycles. The van der Waals surface area contributed by atoms with Crippen LogP contribution in [0.1, 0.15) is 87.5 Å². The minimum atomic E-state index is -0.573. The van der Waals surface area contributed by atoms with Crippen LogP contribution in [0.2, 0.25) is 30.1 Å². The Labute approximate surface area is 631 Å². The molecule has 3 N–H and O–H groups in total. The molecule has 1 aliphatic rings. The molecule has 8 heterocycles. The zero-order valence-electron chi connectivity index (χ0n) is 57.0. The number of ether oxygens (including phenoxy) is 6. The van der Waals surface area contributed by atoms with Crippen molar-refractivity contribution in [3.63, 3.8) is 0 Å². The molecule has 0 radical (unpaired) electrons. The van der Waals surface area contributed by atoms with Crippen molar-refractivity contribution < 1.29 is 61.6 Å². The number of nitrogens with one attached hydrogen (secondary N) is 3. The van der Waals surface area contributed by atoms with E-state index < -0.39 is 5.78 Å². The average Bonchev–Trinajstić information content (AvgIpc) is 1.73. The number of aryl methyl sites for hydroxylation is 3. The maximum absolute atomic E-state index is 13.4. The molecule has 0 unspecified atom stereocenters. The fraction of sp³-hybridized carbons (Fsp3) is 0.186. The van der Waals surface area contributed by atoms with E-state index in [1.165, 1.54) is 103 Å². The van der Waals surface area contributed by atoms with Crippen molar-refractivity contribution in [2.45, 2.75) is 25.7 Å². The van der Waals surface area contributed by atoms with Crippen LogP contribution in [0.3, 0.4) is 0 Å². The van der Waals surface area contributed by atoms with Crippen molar-refractivity contribution in [1.82, 2.24) is 59.2 Å². The van der Waals surface area contributed by atoms with E-state index in [1.807, 2.05) is 0 Å². The van der Waals surface area contributed by atoms with Crippen molar-refractivity contribution in [3.8, 4) is 34.5 Å². The summed E-state index contributed by atoms with van der Waals surface area (Å²) >= 11 is 39.6. The molecule has 0 atom stereocenters. The fourth-order valence-electron chi connectivity index (χ4n) is 10.5. The lowest BCUT2D eigenvalue weighted by atomic mass is 10.0. The summed E-state index contributed by atoms with van der Waals surface area (Å²) in [5.74, 6) is 0.529. The van der Waals surface area contributed by atoms with Gasteiger partial charge in [0, 0.05) is 94.0 Å². The third-order valence-corrected chi connectivity index (χ3v) is 18.8. The molecule has 0 spiro atoms. The number of methoxy groups -OCH3 is 6. The molecule has 0 bridgehead atoms. The molecule has 35 heteroatoms. The first-order valence-corrected chi connectivity index (χ1v) is 33.7. The predicted octanol–water partition coefficient (Wildman–Crippen LogP) is 13.0. The van der Waals surface area contributed by atoms with Gasteiger partial charge in [0.15, 0.2) is 17.1 Å². The van der Waals surface area contributed by atoms with Crippen molar-refractivity contribution in [2.75, 3.05) is 58.6 Å². The number of carbonyl (C=O) groups excluding carboxylic acids is 6. The molecule has 0 aliphatic heterocycles. The first-order valence-electron chi connectivity index (χ1n) is 30.6. The Morgan fingerprint density at radius 3 is 1.28 bits per heavy atom. The molecule has 105 heavy (non-hydrogen) atoms. The Balaban J connectivity index is 0.000000169. The number of fused-ring (bicyclic) bond motifs is 3. The van der Waals surface area contributed by atoms with E-state index in [9.17, 15) is 28.8 Å².